The number of nitrogens with zero attached hydrogens (tertiary/aromatic N) is 3. The fourth-order valence-electron chi connectivity index (χ4n) is 3.46. The second-order valence-corrected chi connectivity index (χ2v) is 7.91. The van der Waals surface area contributed by atoms with Crippen molar-refractivity contribution < 1.29 is 9.32 Å². The van der Waals surface area contributed by atoms with Crippen molar-refractivity contribution in [2.24, 2.45) is 0 Å². The maximum absolute atomic E-state index is 12.7. The number of aryl methyl sites for hydroxylation is 3. The van der Waals surface area contributed by atoms with Crippen LogP contribution in [0.2, 0.25) is 0 Å². The van der Waals surface area contributed by atoms with Crippen molar-refractivity contribution >= 4 is 5.91 Å². The Hall–Kier alpha value is -3.22. The first kappa shape index (κ1) is 22.5. The number of hydrogen-bond donors (Lipinski definition) is 1. The number of nitrogens with one attached hydrogen (secondary N) is 1. The van der Waals surface area contributed by atoms with Gasteiger partial charge >= 0.3 is 0 Å². The number of benzene rings is 1. The van der Waals surface area contributed by atoms with Gasteiger partial charge in [0.25, 0.3) is 5.56 Å². The molecule has 0 aliphatic rings. The summed E-state index contributed by atoms with van der Waals surface area (Å²) in [4.78, 5) is 29.3. The second-order valence-electron chi connectivity index (χ2n) is 7.91. The third-order valence-electron chi connectivity index (χ3n) is 5.30. The number of carbonyl (C=O) groups excluding carboxylic acids is 1. The van der Waals surface area contributed by atoms with Gasteiger partial charge in [-0.15, -0.1) is 0 Å². The van der Waals surface area contributed by atoms with E-state index in [-0.39, 0.29) is 17.5 Å². The molecule has 0 aliphatic heterocycles. The van der Waals surface area contributed by atoms with E-state index in [1.165, 1.54) is 5.56 Å². The molecule has 7 nitrogen and oxygen atoms in total. The Kier molecular flexibility index (Phi) is 7.39. The molecule has 1 aromatic carbocycles. The zero-order valence-electron chi connectivity index (χ0n) is 18.6. The number of amides is 1. The van der Waals surface area contributed by atoms with Crippen molar-refractivity contribution in [3.63, 3.8) is 0 Å². The maximum Gasteiger partial charge on any atom is 0.261 e. The molecule has 0 saturated carbocycles. The smallest absolute Gasteiger partial charge is 0.261 e. The standard InChI is InChI=1S/C24H30N4O3/c1-5-15-28-17(3)11-14-20(24(28)30)23-26-22(31-27-23)8-6-7-21(29)25-18(4)19-12-9-16(2)10-13-19/h9-14,18H,5-8,15H2,1-4H3,(H,25,29)/t18-/m1/s1. The van der Waals surface area contributed by atoms with Gasteiger partial charge in [0.05, 0.1) is 11.6 Å². The number of rotatable bonds is 9. The molecule has 0 radical (unpaired) electrons. The highest BCUT2D eigenvalue weighted by Crippen LogP contribution is 2.15. The summed E-state index contributed by atoms with van der Waals surface area (Å²) in [6.45, 7) is 8.60. The fourth-order valence-corrected chi connectivity index (χ4v) is 3.46. The van der Waals surface area contributed by atoms with E-state index in [0.29, 0.717) is 43.1 Å². The van der Waals surface area contributed by atoms with Gasteiger partial charge in [0.2, 0.25) is 17.6 Å². The number of aromatic nitrogens is 3. The zero-order chi connectivity index (χ0) is 22.4. The SMILES string of the molecule is CCCn1c(C)ccc(-c2noc(CCCC(=O)N[C@H](C)c3ccc(C)cc3)n2)c1=O. The van der Waals surface area contributed by atoms with Gasteiger partial charge in [-0.25, -0.2) is 0 Å². The summed E-state index contributed by atoms with van der Waals surface area (Å²) >= 11 is 0. The lowest BCUT2D eigenvalue weighted by Gasteiger charge is -2.14. The van der Waals surface area contributed by atoms with E-state index < -0.39 is 0 Å². The van der Waals surface area contributed by atoms with Crippen molar-refractivity contribution in [3.05, 3.63) is 69.5 Å². The summed E-state index contributed by atoms with van der Waals surface area (Å²) in [5.41, 5.74) is 3.49. The Balaban J connectivity index is 1.55. The van der Waals surface area contributed by atoms with Crippen LogP contribution in [0, 0.1) is 13.8 Å². The van der Waals surface area contributed by atoms with Gasteiger partial charge in [-0.2, -0.15) is 4.98 Å². The van der Waals surface area contributed by atoms with E-state index in [4.69, 9.17) is 4.52 Å². The summed E-state index contributed by atoms with van der Waals surface area (Å²) in [6, 6.07) is 11.7. The molecule has 2 heterocycles. The Morgan fingerprint density at radius 1 is 1.16 bits per heavy atom. The molecule has 164 valence electrons. The van der Waals surface area contributed by atoms with E-state index >= 15 is 0 Å². The molecule has 0 aliphatic carbocycles. The van der Waals surface area contributed by atoms with Crippen LogP contribution in [-0.4, -0.2) is 20.6 Å². The van der Waals surface area contributed by atoms with Crippen LogP contribution in [0.5, 0.6) is 0 Å². The lowest BCUT2D eigenvalue weighted by molar-refractivity contribution is -0.121. The third-order valence-corrected chi connectivity index (χ3v) is 5.30. The monoisotopic (exact) mass is 422 g/mol. The highest BCUT2D eigenvalue weighted by atomic mass is 16.5. The maximum atomic E-state index is 12.7. The first-order chi connectivity index (χ1) is 14.9. The molecule has 1 atom stereocenters. The van der Waals surface area contributed by atoms with E-state index in [0.717, 1.165) is 17.7 Å². The van der Waals surface area contributed by atoms with Crippen molar-refractivity contribution in [1.29, 1.82) is 0 Å². The molecule has 7 heteroatoms. The van der Waals surface area contributed by atoms with Crippen LogP contribution >= 0.6 is 0 Å². The predicted molar refractivity (Wildman–Crippen MR) is 120 cm³/mol. The van der Waals surface area contributed by atoms with Crippen molar-refractivity contribution in [1.82, 2.24) is 20.0 Å². The van der Waals surface area contributed by atoms with E-state index in [2.05, 4.69) is 15.5 Å². The minimum absolute atomic E-state index is 0.0196. The normalized spacial score (nSPS) is 12.0. The van der Waals surface area contributed by atoms with Gasteiger partial charge in [-0.05, 0) is 51.3 Å². The van der Waals surface area contributed by atoms with Gasteiger partial charge in [0.1, 0.15) is 0 Å². The molecule has 3 aromatic rings. The van der Waals surface area contributed by atoms with Gasteiger partial charge < -0.3 is 14.4 Å². The van der Waals surface area contributed by atoms with Crippen molar-refractivity contribution in [2.45, 2.75) is 66.0 Å². The van der Waals surface area contributed by atoms with Crippen LogP contribution in [0.4, 0.5) is 0 Å². The second kappa shape index (κ2) is 10.2. The number of hydrogen-bond acceptors (Lipinski definition) is 5. The Labute approximate surface area is 182 Å². The van der Waals surface area contributed by atoms with Gasteiger partial charge in [-0.1, -0.05) is 41.9 Å². The number of carbonyl (C=O) groups is 1. The highest BCUT2D eigenvalue weighted by molar-refractivity contribution is 5.76. The average Bonchev–Trinajstić information content (AvgIpc) is 3.20. The first-order valence-corrected chi connectivity index (χ1v) is 10.8. The molecule has 2 aromatic heterocycles. The van der Waals surface area contributed by atoms with Crippen LogP contribution in [0.1, 0.15) is 61.9 Å². The van der Waals surface area contributed by atoms with Crippen LogP contribution in [0.3, 0.4) is 0 Å². The van der Waals surface area contributed by atoms with Crippen molar-refractivity contribution in [3.8, 4) is 11.4 Å². The summed E-state index contributed by atoms with van der Waals surface area (Å²) in [7, 11) is 0. The number of pyridine rings is 1. The molecule has 0 unspecified atom stereocenters. The molecular formula is C24H30N4O3. The van der Waals surface area contributed by atoms with Crippen LogP contribution < -0.4 is 10.9 Å². The molecule has 3 rings (SSSR count). The Bertz CT molecular complexity index is 1080. The van der Waals surface area contributed by atoms with Crippen LogP contribution in [0.15, 0.2) is 45.7 Å². The molecule has 0 bridgehead atoms. The summed E-state index contributed by atoms with van der Waals surface area (Å²) in [6.07, 6.45) is 2.30. The van der Waals surface area contributed by atoms with E-state index in [9.17, 15) is 9.59 Å². The fraction of sp³-hybridized carbons (Fsp3) is 0.417. The average molecular weight is 423 g/mol. The van der Waals surface area contributed by atoms with Gasteiger partial charge in [0.15, 0.2) is 0 Å². The largest absolute Gasteiger partial charge is 0.350 e. The minimum atomic E-state index is -0.112. The van der Waals surface area contributed by atoms with Crippen LogP contribution in [-0.2, 0) is 17.8 Å². The molecular weight excluding hydrogens is 392 g/mol. The lowest BCUT2D eigenvalue weighted by atomic mass is 10.1. The third kappa shape index (κ3) is 5.69. The van der Waals surface area contributed by atoms with E-state index in [1.807, 2.05) is 58.0 Å². The summed E-state index contributed by atoms with van der Waals surface area (Å²) in [5.74, 6) is 0.701. The van der Waals surface area contributed by atoms with E-state index in [1.54, 1.807) is 10.6 Å². The highest BCUT2D eigenvalue weighted by Gasteiger charge is 2.15. The molecule has 0 saturated heterocycles. The zero-order valence-corrected chi connectivity index (χ0v) is 18.6. The van der Waals surface area contributed by atoms with Crippen LogP contribution in [0.25, 0.3) is 11.4 Å². The Morgan fingerprint density at radius 3 is 2.61 bits per heavy atom. The van der Waals surface area contributed by atoms with Crippen molar-refractivity contribution in [2.75, 3.05) is 0 Å². The summed E-state index contributed by atoms with van der Waals surface area (Å²) < 4.78 is 7.03. The summed E-state index contributed by atoms with van der Waals surface area (Å²) in [5, 5.41) is 6.99. The minimum Gasteiger partial charge on any atom is -0.350 e. The molecule has 0 spiro atoms. The molecule has 1 amide bonds. The molecule has 31 heavy (non-hydrogen) atoms. The molecule has 0 fully saturated rings. The first-order valence-electron chi connectivity index (χ1n) is 10.8. The predicted octanol–water partition coefficient (Wildman–Crippen LogP) is 4.13. The van der Waals surface area contributed by atoms with Gasteiger partial charge in [0, 0.05) is 25.1 Å². The van der Waals surface area contributed by atoms with Gasteiger partial charge in [-0.3, -0.25) is 9.59 Å². The quantitative estimate of drug-likeness (QED) is 0.560. The molecule has 1 N–H and O–H groups in total. The Morgan fingerprint density at radius 2 is 1.90 bits per heavy atom. The lowest BCUT2D eigenvalue weighted by Crippen LogP contribution is -2.26. The topological polar surface area (TPSA) is 90.0 Å².